The standard InChI is InChI=1S/C11H10F6O/c1-3-6-4-9(18-2)8(11(15,16)17)5-7(6)10(12,13)14/h4-5H,3H2,1-2H3. The Balaban J connectivity index is 3.55. The van der Waals surface area contributed by atoms with Crippen LogP contribution in [0.5, 0.6) is 5.75 Å². The van der Waals surface area contributed by atoms with E-state index >= 15 is 0 Å². The van der Waals surface area contributed by atoms with E-state index in [1.807, 2.05) is 0 Å². The van der Waals surface area contributed by atoms with Crippen molar-refractivity contribution in [2.75, 3.05) is 7.11 Å². The molecule has 0 heterocycles. The molecule has 0 radical (unpaired) electrons. The average molecular weight is 272 g/mol. The molecular formula is C11H10F6O. The maximum Gasteiger partial charge on any atom is 0.419 e. The summed E-state index contributed by atoms with van der Waals surface area (Å²) in [6.45, 7) is 1.43. The third-order valence-electron chi connectivity index (χ3n) is 2.42. The summed E-state index contributed by atoms with van der Waals surface area (Å²) in [6.07, 6.45) is -9.75. The molecule has 0 aliphatic rings. The van der Waals surface area contributed by atoms with Crippen LogP contribution in [0.15, 0.2) is 12.1 Å². The van der Waals surface area contributed by atoms with Gasteiger partial charge in [-0.1, -0.05) is 6.92 Å². The van der Waals surface area contributed by atoms with Gasteiger partial charge in [0.05, 0.1) is 18.2 Å². The highest BCUT2D eigenvalue weighted by Crippen LogP contribution is 2.42. The van der Waals surface area contributed by atoms with Crippen molar-refractivity contribution in [3.8, 4) is 5.75 Å². The van der Waals surface area contributed by atoms with Gasteiger partial charge in [-0.05, 0) is 24.1 Å². The molecule has 0 saturated heterocycles. The Morgan fingerprint density at radius 3 is 1.78 bits per heavy atom. The largest absolute Gasteiger partial charge is 0.496 e. The van der Waals surface area contributed by atoms with Gasteiger partial charge in [-0.15, -0.1) is 0 Å². The van der Waals surface area contributed by atoms with E-state index in [1.165, 1.54) is 6.92 Å². The van der Waals surface area contributed by atoms with Crippen LogP contribution in [0, 0.1) is 0 Å². The summed E-state index contributed by atoms with van der Waals surface area (Å²) in [5.41, 5.74) is -2.93. The van der Waals surface area contributed by atoms with Crippen LogP contribution in [0.1, 0.15) is 23.6 Å². The molecule has 0 fully saturated rings. The highest BCUT2D eigenvalue weighted by molar-refractivity contribution is 5.45. The second-order valence-corrected chi connectivity index (χ2v) is 3.56. The molecule has 7 heteroatoms. The van der Waals surface area contributed by atoms with E-state index in [0.717, 1.165) is 13.2 Å². The van der Waals surface area contributed by atoms with Crippen molar-refractivity contribution in [2.24, 2.45) is 0 Å². The lowest BCUT2D eigenvalue weighted by Gasteiger charge is -2.18. The first-order chi connectivity index (χ1) is 8.11. The van der Waals surface area contributed by atoms with Crippen molar-refractivity contribution in [3.63, 3.8) is 0 Å². The van der Waals surface area contributed by atoms with E-state index in [9.17, 15) is 26.3 Å². The summed E-state index contributed by atoms with van der Waals surface area (Å²) >= 11 is 0. The molecule has 0 amide bonds. The molecule has 0 unspecified atom stereocenters. The number of halogens is 6. The molecule has 1 nitrogen and oxygen atoms in total. The number of alkyl halides is 6. The van der Waals surface area contributed by atoms with Crippen LogP contribution < -0.4 is 4.74 Å². The average Bonchev–Trinajstić information content (AvgIpc) is 2.24. The number of hydrogen-bond donors (Lipinski definition) is 0. The molecule has 1 rings (SSSR count). The summed E-state index contributed by atoms with van der Waals surface area (Å²) < 4.78 is 80.2. The van der Waals surface area contributed by atoms with Crippen LogP contribution in [0.25, 0.3) is 0 Å². The maximum absolute atomic E-state index is 12.6. The highest BCUT2D eigenvalue weighted by Gasteiger charge is 2.40. The van der Waals surface area contributed by atoms with Crippen LogP contribution in [-0.2, 0) is 18.8 Å². The second kappa shape index (κ2) is 4.70. The van der Waals surface area contributed by atoms with Gasteiger partial charge in [0.1, 0.15) is 5.75 Å². The topological polar surface area (TPSA) is 9.23 Å². The lowest BCUT2D eigenvalue weighted by molar-refractivity contribution is -0.144. The predicted molar refractivity (Wildman–Crippen MR) is 52.4 cm³/mol. The molecule has 0 spiro atoms. The van der Waals surface area contributed by atoms with Crippen LogP contribution >= 0.6 is 0 Å². The third-order valence-corrected chi connectivity index (χ3v) is 2.42. The second-order valence-electron chi connectivity index (χ2n) is 3.56. The summed E-state index contributed by atoms with van der Waals surface area (Å²) in [6, 6.07) is 0.878. The van der Waals surface area contributed by atoms with Crippen molar-refractivity contribution in [3.05, 3.63) is 28.8 Å². The quantitative estimate of drug-likeness (QED) is 0.729. The minimum absolute atomic E-state index is 0.0384. The Bertz CT molecular complexity index is 395. The van der Waals surface area contributed by atoms with E-state index in [4.69, 9.17) is 0 Å². The fourth-order valence-corrected chi connectivity index (χ4v) is 1.57. The van der Waals surface area contributed by atoms with Crippen LogP contribution in [0.3, 0.4) is 0 Å². The number of rotatable bonds is 2. The predicted octanol–water partition coefficient (Wildman–Crippen LogP) is 4.30. The van der Waals surface area contributed by atoms with Gasteiger partial charge in [0.25, 0.3) is 0 Å². The zero-order valence-electron chi connectivity index (χ0n) is 9.54. The normalized spacial score (nSPS) is 12.7. The van der Waals surface area contributed by atoms with Crippen molar-refractivity contribution in [2.45, 2.75) is 25.7 Å². The van der Waals surface area contributed by atoms with Crippen molar-refractivity contribution in [1.29, 1.82) is 0 Å². The molecule has 0 saturated carbocycles. The SMILES string of the molecule is CCc1cc(OC)c(C(F)(F)F)cc1C(F)(F)F. The highest BCUT2D eigenvalue weighted by atomic mass is 19.4. The first kappa shape index (κ1) is 14.7. The number of aryl methyl sites for hydroxylation is 1. The molecule has 18 heavy (non-hydrogen) atoms. The van der Waals surface area contributed by atoms with Gasteiger partial charge in [0, 0.05) is 0 Å². The van der Waals surface area contributed by atoms with E-state index in [1.54, 1.807) is 0 Å². The van der Waals surface area contributed by atoms with E-state index in [-0.39, 0.29) is 18.1 Å². The molecule has 1 aromatic rings. The Morgan fingerprint density at radius 1 is 0.944 bits per heavy atom. The van der Waals surface area contributed by atoms with Crippen LogP contribution in [-0.4, -0.2) is 7.11 Å². The molecule has 0 bridgehead atoms. The molecule has 0 aliphatic heterocycles. The van der Waals surface area contributed by atoms with Gasteiger partial charge >= 0.3 is 12.4 Å². The molecule has 1 aromatic carbocycles. The molecule has 102 valence electrons. The first-order valence-electron chi connectivity index (χ1n) is 4.96. The fourth-order valence-electron chi connectivity index (χ4n) is 1.57. The number of ether oxygens (including phenoxy) is 1. The molecule has 0 N–H and O–H groups in total. The minimum Gasteiger partial charge on any atom is -0.496 e. The lowest BCUT2D eigenvalue weighted by atomic mass is 10.00. The summed E-state index contributed by atoms with van der Waals surface area (Å²) in [5, 5.41) is 0. The molecule has 0 aliphatic carbocycles. The minimum atomic E-state index is -4.89. The van der Waals surface area contributed by atoms with Gasteiger partial charge in [0.15, 0.2) is 0 Å². The van der Waals surface area contributed by atoms with E-state index in [0.29, 0.717) is 0 Å². The zero-order valence-corrected chi connectivity index (χ0v) is 9.54. The van der Waals surface area contributed by atoms with Gasteiger partial charge < -0.3 is 4.74 Å². The van der Waals surface area contributed by atoms with Crippen molar-refractivity contribution < 1.29 is 31.1 Å². The van der Waals surface area contributed by atoms with Crippen LogP contribution in [0.4, 0.5) is 26.3 Å². The van der Waals surface area contributed by atoms with Gasteiger partial charge in [0.2, 0.25) is 0 Å². The molecule has 0 atom stereocenters. The fraction of sp³-hybridized carbons (Fsp3) is 0.455. The number of hydrogen-bond acceptors (Lipinski definition) is 1. The van der Waals surface area contributed by atoms with Crippen molar-refractivity contribution in [1.82, 2.24) is 0 Å². The summed E-state index contributed by atoms with van der Waals surface area (Å²) in [7, 11) is 0.983. The summed E-state index contributed by atoms with van der Waals surface area (Å²) in [4.78, 5) is 0. The van der Waals surface area contributed by atoms with E-state index < -0.39 is 29.2 Å². The monoisotopic (exact) mass is 272 g/mol. The van der Waals surface area contributed by atoms with Crippen LogP contribution in [0.2, 0.25) is 0 Å². The Kier molecular flexibility index (Phi) is 3.83. The summed E-state index contributed by atoms with van der Waals surface area (Å²) in [5.74, 6) is -0.604. The maximum atomic E-state index is 12.6. The zero-order chi connectivity index (χ0) is 14.1. The molecule has 0 aromatic heterocycles. The number of methoxy groups -OCH3 is 1. The Labute approximate surface area is 99.4 Å². The van der Waals surface area contributed by atoms with E-state index in [2.05, 4.69) is 4.74 Å². The first-order valence-corrected chi connectivity index (χ1v) is 4.96. The van der Waals surface area contributed by atoms with Crippen molar-refractivity contribution >= 4 is 0 Å². The number of benzene rings is 1. The molecular weight excluding hydrogens is 262 g/mol. The van der Waals surface area contributed by atoms with Gasteiger partial charge in [-0.3, -0.25) is 0 Å². The Hall–Kier alpha value is -1.40. The van der Waals surface area contributed by atoms with Gasteiger partial charge in [-0.25, -0.2) is 0 Å². The van der Waals surface area contributed by atoms with Gasteiger partial charge in [-0.2, -0.15) is 26.3 Å². The smallest absolute Gasteiger partial charge is 0.419 e. The Morgan fingerprint density at radius 2 is 1.44 bits per heavy atom. The third kappa shape index (κ3) is 2.88. The lowest BCUT2D eigenvalue weighted by Crippen LogP contribution is -2.14.